The molecule has 0 spiro atoms. The quantitative estimate of drug-likeness (QED) is 0.781. The van der Waals surface area contributed by atoms with Crippen LogP contribution in [0.5, 0.6) is 0 Å². The van der Waals surface area contributed by atoms with Crippen LogP contribution >= 0.6 is 0 Å². The summed E-state index contributed by atoms with van der Waals surface area (Å²) in [6.45, 7) is 11.6. The van der Waals surface area contributed by atoms with E-state index < -0.39 is 0 Å². The highest BCUT2D eigenvalue weighted by Gasteiger charge is 2.29. The number of nitrogens with zero attached hydrogens (tertiary/aromatic N) is 1. The standard InChI is InChI=1S/C18H30N2O/c1-4-21-11-10-20-14-17(19-13-18(20)15(2)3)12-16-8-6-5-7-9-16/h5-9,15,17-19H,4,10-14H2,1-3H3. The predicted molar refractivity (Wildman–Crippen MR) is 88.6 cm³/mol. The first-order chi connectivity index (χ1) is 10.2. The Hall–Kier alpha value is -0.900. The molecule has 0 amide bonds. The first-order valence-electron chi connectivity index (χ1n) is 8.29. The van der Waals surface area contributed by atoms with Crippen molar-refractivity contribution < 1.29 is 4.74 Å². The van der Waals surface area contributed by atoms with Crippen LogP contribution in [-0.2, 0) is 11.2 Å². The maximum Gasteiger partial charge on any atom is 0.0593 e. The van der Waals surface area contributed by atoms with E-state index in [9.17, 15) is 0 Å². The molecule has 0 aliphatic carbocycles. The smallest absolute Gasteiger partial charge is 0.0593 e. The highest BCUT2D eigenvalue weighted by Crippen LogP contribution is 2.17. The molecule has 1 aromatic rings. The highest BCUT2D eigenvalue weighted by molar-refractivity contribution is 5.16. The average Bonchev–Trinajstić information content (AvgIpc) is 2.48. The SMILES string of the molecule is CCOCCN1CC(Cc2ccccc2)NCC1C(C)C. The molecule has 1 aliphatic rings. The minimum Gasteiger partial charge on any atom is -0.380 e. The molecule has 0 saturated carbocycles. The van der Waals surface area contributed by atoms with Gasteiger partial charge in [0.1, 0.15) is 0 Å². The third kappa shape index (κ3) is 5.10. The van der Waals surface area contributed by atoms with Crippen molar-refractivity contribution in [2.24, 2.45) is 5.92 Å². The predicted octanol–water partition coefficient (Wildman–Crippen LogP) is 2.56. The van der Waals surface area contributed by atoms with Crippen molar-refractivity contribution in [3.05, 3.63) is 35.9 Å². The van der Waals surface area contributed by atoms with E-state index in [1.54, 1.807) is 0 Å². The fraction of sp³-hybridized carbons (Fsp3) is 0.667. The molecule has 2 atom stereocenters. The van der Waals surface area contributed by atoms with E-state index in [4.69, 9.17) is 4.74 Å². The number of nitrogens with one attached hydrogen (secondary N) is 1. The van der Waals surface area contributed by atoms with Crippen molar-refractivity contribution in [2.45, 2.75) is 39.3 Å². The van der Waals surface area contributed by atoms with Gasteiger partial charge >= 0.3 is 0 Å². The molecule has 1 aromatic carbocycles. The minimum absolute atomic E-state index is 0.545. The molecule has 1 fully saturated rings. The number of piperazine rings is 1. The maximum absolute atomic E-state index is 5.56. The van der Waals surface area contributed by atoms with Crippen LogP contribution in [0, 0.1) is 5.92 Å². The van der Waals surface area contributed by atoms with E-state index >= 15 is 0 Å². The fourth-order valence-corrected chi connectivity index (χ4v) is 3.18. The Labute approximate surface area is 129 Å². The molecule has 1 saturated heterocycles. The molecule has 118 valence electrons. The lowest BCUT2D eigenvalue weighted by Gasteiger charge is -2.42. The molecule has 1 heterocycles. The van der Waals surface area contributed by atoms with E-state index in [1.807, 2.05) is 0 Å². The zero-order valence-electron chi connectivity index (χ0n) is 13.7. The summed E-state index contributed by atoms with van der Waals surface area (Å²) in [4.78, 5) is 2.62. The van der Waals surface area contributed by atoms with Crippen LogP contribution in [0.2, 0.25) is 0 Å². The lowest BCUT2D eigenvalue weighted by molar-refractivity contribution is 0.0541. The van der Waals surface area contributed by atoms with Gasteiger partial charge in [-0.1, -0.05) is 44.2 Å². The Balaban J connectivity index is 1.91. The Morgan fingerprint density at radius 3 is 2.71 bits per heavy atom. The van der Waals surface area contributed by atoms with E-state index in [2.05, 4.69) is 61.3 Å². The normalized spacial score (nSPS) is 23.6. The lowest BCUT2D eigenvalue weighted by atomic mass is 9.96. The summed E-state index contributed by atoms with van der Waals surface area (Å²) in [5, 5.41) is 3.74. The van der Waals surface area contributed by atoms with Crippen molar-refractivity contribution >= 4 is 0 Å². The third-order valence-corrected chi connectivity index (χ3v) is 4.36. The van der Waals surface area contributed by atoms with Crippen molar-refractivity contribution in [1.82, 2.24) is 10.2 Å². The maximum atomic E-state index is 5.56. The Morgan fingerprint density at radius 2 is 2.05 bits per heavy atom. The fourth-order valence-electron chi connectivity index (χ4n) is 3.18. The summed E-state index contributed by atoms with van der Waals surface area (Å²) in [6, 6.07) is 12.0. The van der Waals surface area contributed by atoms with Crippen LogP contribution in [0.15, 0.2) is 30.3 Å². The summed E-state index contributed by atoms with van der Waals surface area (Å²) in [5.41, 5.74) is 1.42. The third-order valence-electron chi connectivity index (χ3n) is 4.36. The molecule has 3 nitrogen and oxygen atoms in total. The van der Waals surface area contributed by atoms with Gasteiger partial charge in [0.05, 0.1) is 6.61 Å². The van der Waals surface area contributed by atoms with Crippen molar-refractivity contribution in [1.29, 1.82) is 0 Å². The Morgan fingerprint density at radius 1 is 1.29 bits per heavy atom. The summed E-state index contributed by atoms with van der Waals surface area (Å²) < 4.78 is 5.56. The van der Waals surface area contributed by atoms with Gasteiger partial charge in [0.25, 0.3) is 0 Å². The largest absolute Gasteiger partial charge is 0.380 e. The molecule has 2 rings (SSSR count). The van der Waals surface area contributed by atoms with E-state index in [-0.39, 0.29) is 0 Å². The highest BCUT2D eigenvalue weighted by atomic mass is 16.5. The number of rotatable bonds is 7. The Kier molecular flexibility index (Phi) is 6.68. The second kappa shape index (κ2) is 8.52. The van der Waals surface area contributed by atoms with Crippen LogP contribution in [0.1, 0.15) is 26.3 Å². The van der Waals surface area contributed by atoms with Crippen LogP contribution < -0.4 is 5.32 Å². The second-order valence-electron chi connectivity index (χ2n) is 6.30. The van der Waals surface area contributed by atoms with Gasteiger partial charge in [-0.3, -0.25) is 4.90 Å². The van der Waals surface area contributed by atoms with Crippen LogP contribution in [0.4, 0.5) is 0 Å². The van der Waals surface area contributed by atoms with Crippen LogP contribution in [-0.4, -0.2) is 49.8 Å². The molecular weight excluding hydrogens is 260 g/mol. The average molecular weight is 290 g/mol. The van der Waals surface area contributed by atoms with Gasteiger partial charge in [0.2, 0.25) is 0 Å². The molecule has 0 aromatic heterocycles. The van der Waals surface area contributed by atoms with Gasteiger partial charge in [0, 0.05) is 38.3 Å². The molecular formula is C18H30N2O. The minimum atomic E-state index is 0.545. The van der Waals surface area contributed by atoms with Gasteiger partial charge in [0.15, 0.2) is 0 Å². The van der Waals surface area contributed by atoms with Gasteiger partial charge in [-0.15, -0.1) is 0 Å². The summed E-state index contributed by atoms with van der Waals surface area (Å²) in [5.74, 6) is 0.678. The number of benzene rings is 1. The molecule has 3 heteroatoms. The monoisotopic (exact) mass is 290 g/mol. The molecule has 0 bridgehead atoms. The number of hydrogen-bond donors (Lipinski definition) is 1. The summed E-state index contributed by atoms with van der Waals surface area (Å²) >= 11 is 0. The first-order valence-corrected chi connectivity index (χ1v) is 8.29. The van der Waals surface area contributed by atoms with E-state index in [0.29, 0.717) is 18.0 Å². The molecule has 0 radical (unpaired) electrons. The second-order valence-corrected chi connectivity index (χ2v) is 6.30. The topological polar surface area (TPSA) is 24.5 Å². The Bertz CT molecular complexity index is 393. The lowest BCUT2D eigenvalue weighted by Crippen LogP contribution is -2.59. The van der Waals surface area contributed by atoms with Gasteiger partial charge < -0.3 is 10.1 Å². The zero-order valence-corrected chi connectivity index (χ0v) is 13.7. The molecule has 1 N–H and O–H groups in total. The van der Waals surface area contributed by atoms with Crippen LogP contribution in [0.3, 0.4) is 0 Å². The van der Waals surface area contributed by atoms with Crippen LogP contribution in [0.25, 0.3) is 0 Å². The van der Waals surface area contributed by atoms with Gasteiger partial charge in [-0.25, -0.2) is 0 Å². The molecule has 21 heavy (non-hydrogen) atoms. The van der Waals surface area contributed by atoms with Gasteiger partial charge in [-0.2, -0.15) is 0 Å². The first kappa shape index (κ1) is 16.5. The van der Waals surface area contributed by atoms with E-state index in [1.165, 1.54) is 5.56 Å². The number of hydrogen-bond acceptors (Lipinski definition) is 3. The van der Waals surface area contributed by atoms with Crippen molar-refractivity contribution in [2.75, 3.05) is 32.8 Å². The molecule has 2 unspecified atom stereocenters. The molecule has 1 aliphatic heterocycles. The van der Waals surface area contributed by atoms with E-state index in [0.717, 1.165) is 39.3 Å². The zero-order chi connectivity index (χ0) is 15.1. The number of ether oxygens (including phenoxy) is 1. The summed E-state index contributed by atoms with van der Waals surface area (Å²) in [7, 11) is 0. The van der Waals surface area contributed by atoms with Crippen molar-refractivity contribution in [3.63, 3.8) is 0 Å². The van der Waals surface area contributed by atoms with Gasteiger partial charge in [-0.05, 0) is 24.8 Å². The summed E-state index contributed by atoms with van der Waals surface area (Å²) in [6.07, 6.45) is 1.11. The van der Waals surface area contributed by atoms with Crippen molar-refractivity contribution in [3.8, 4) is 0 Å².